The number of hydrogen-bond acceptors (Lipinski definition) is 6. The fourth-order valence-corrected chi connectivity index (χ4v) is 2.75. The van der Waals surface area contributed by atoms with E-state index in [-0.39, 0.29) is 30.5 Å². The number of carbonyl (C=O) groups excluding carboxylic acids is 1. The number of carboxylic acids is 1. The summed E-state index contributed by atoms with van der Waals surface area (Å²) in [5.41, 5.74) is -0.0724. The van der Waals surface area contributed by atoms with Gasteiger partial charge in [0.2, 0.25) is 5.91 Å². The maximum absolute atomic E-state index is 12.4. The highest BCUT2D eigenvalue weighted by Gasteiger charge is 2.28. The maximum Gasteiger partial charge on any atom is 0.305 e. The fraction of sp³-hybridized carbons (Fsp3) is 0.533. The third kappa shape index (κ3) is 4.40. The van der Waals surface area contributed by atoms with Gasteiger partial charge in [-0.05, 0) is 18.9 Å². The summed E-state index contributed by atoms with van der Waals surface area (Å²) < 4.78 is 0. The van der Waals surface area contributed by atoms with Gasteiger partial charge in [0.05, 0.1) is 17.3 Å². The van der Waals surface area contributed by atoms with Gasteiger partial charge in [-0.15, -0.1) is 0 Å². The number of aromatic nitrogens is 1. The molecule has 0 saturated carbocycles. The lowest BCUT2D eigenvalue weighted by atomic mass is 9.96. The molecule has 0 spiro atoms. The molecule has 1 aromatic heterocycles. The van der Waals surface area contributed by atoms with Crippen LogP contribution in [0.2, 0.25) is 0 Å². The van der Waals surface area contributed by atoms with Crippen molar-refractivity contribution < 1.29 is 19.6 Å². The number of hydrogen-bond donors (Lipinski definition) is 1. The van der Waals surface area contributed by atoms with E-state index >= 15 is 0 Å². The molecule has 9 heteroatoms. The van der Waals surface area contributed by atoms with Crippen LogP contribution in [-0.2, 0) is 9.59 Å². The summed E-state index contributed by atoms with van der Waals surface area (Å²) >= 11 is 0. The zero-order valence-corrected chi connectivity index (χ0v) is 13.4. The molecule has 130 valence electrons. The first-order chi connectivity index (χ1) is 11.4. The van der Waals surface area contributed by atoms with Crippen LogP contribution < -0.4 is 4.90 Å². The minimum Gasteiger partial charge on any atom is -0.481 e. The molecule has 0 aliphatic carbocycles. The summed E-state index contributed by atoms with van der Waals surface area (Å²) in [4.78, 5) is 40.7. The van der Waals surface area contributed by atoms with Crippen molar-refractivity contribution in [2.24, 2.45) is 5.92 Å². The van der Waals surface area contributed by atoms with E-state index in [0.717, 1.165) is 19.4 Å². The normalized spacial score (nSPS) is 17.4. The van der Waals surface area contributed by atoms with Gasteiger partial charge in [-0.2, -0.15) is 0 Å². The Morgan fingerprint density at radius 3 is 2.83 bits per heavy atom. The van der Waals surface area contributed by atoms with E-state index in [1.807, 2.05) is 4.90 Å². The van der Waals surface area contributed by atoms with Crippen LogP contribution in [0.3, 0.4) is 0 Å². The molecule has 2 rings (SSSR count). The Morgan fingerprint density at radius 2 is 2.25 bits per heavy atom. The van der Waals surface area contributed by atoms with Crippen molar-refractivity contribution in [1.29, 1.82) is 0 Å². The Morgan fingerprint density at radius 1 is 1.50 bits per heavy atom. The second-order valence-corrected chi connectivity index (χ2v) is 5.82. The van der Waals surface area contributed by atoms with Crippen LogP contribution in [-0.4, -0.2) is 58.5 Å². The molecule has 1 saturated heterocycles. The van der Waals surface area contributed by atoms with E-state index in [0.29, 0.717) is 12.4 Å². The molecule has 2 heterocycles. The minimum atomic E-state index is -0.935. The van der Waals surface area contributed by atoms with Crippen molar-refractivity contribution in [3.63, 3.8) is 0 Å². The van der Waals surface area contributed by atoms with Gasteiger partial charge in [-0.1, -0.05) is 0 Å². The molecular formula is C15H20N4O5. The first kappa shape index (κ1) is 17.6. The summed E-state index contributed by atoms with van der Waals surface area (Å²) in [6.07, 6.45) is 2.67. The van der Waals surface area contributed by atoms with Gasteiger partial charge in [-0.3, -0.25) is 19.7 Å². The average Bonchev–Trinajstić information content (AvgIpc) is 2.59. The van der Waals surface area contributed by atoms with Crippen LogP contribution in [0.15, 0.2) is 18.3 Å². The number of aliphatic carboxylic acids is 1. The highest BCUT2D eigenvalue weighted by Crippen LogP contribution is 2.24. The summed E-state index contributed by atoms with van der Waals surface area (Å²) in [6, 6.07) is 2.98. The summed E-state index contributed by atoms with van der Waals surface area (Å²) in [5.74, 6) is -0.640. The predicted molar refractivity (Wildman–Crippen MR) is 85.7 cm³/mol. The lowest BCUT2D eigenvalue weighted by Gasteiger charge is -2.34. The van der Waals surface area contributed by atoms with Crippen molar-refractivity contribution in [3.8, 4) is 0 Å². The monoisotopic (exact) mass is 336 g/mol. The number of pyridine rings is 1. The molecule has 0 radical (unpaired) electrons. The van der Waals surface area contributed by atoms with Gasteiger partial charge in [0.1, 0.15) is 12.0 Å². The van der Waals surface area contributed by atoms with Crippen molar-refractivity contribution in [1.82, 2.24) is 9.88 Å². The minimum absolute atomic E-state index is 0.0724. The SMILES string of the molecule is CN(CCC(=O)O)C(=O)C1CCCN(c2ccc([N+](=O)[O-])cn2)C1. The van der Waals surface area contributed by atoms with Crippen LogP contribution in [0.4, 0.5) is 11.5 Å². The molecule has 1 amide bonds. The lowest BCUT2D eigenvalue weighted by Crippen LogP contribution is -2.44. The van der Waals surface area contributed by atoms with Gasteiger partial charge < -0.3 is 14.9 Å². The molecule has 1 unspecified atom stereocenters. The molecule has 9 nitrogen and oxygen atoms in total. The first-order valence-electron chi connectivity index (χ1n) is 7.70. The Kier molecular flexibility index (Phi) is 5.67. The van der Waals surface area contributed by atoms with Gasteiger partial charge in [-0.25, -0.2) is 4.98 Å². The second kappa shape index (κ2) is 7.71. The number of rotatable bonds is 6. The molecule has 1 aliphatic heterocycles. The molecule has 1 atom stereocenters. The molecule has 0 bridgehead atoms. The summed E-state index contributed by atoms with van der Waals surface area (Å²) in [6.45, 7) is 1.38. The Hall–Kier alpha value is -2.71. The topological polar surface area (TPSA) is 117 Å². The quantitative estimate of drug-likeness (QED) is 0.611. The molecular weight excluding hydrogens is 316 g/mol. The predicted octanol–water partition coefficient (Wildman–Crippen LogP) is 1.14. The van der Waals surface area contributed by atoms with E-state index in [4.69, 9.17) is 5.11 Å². The third-order valence-electron chi connectivity index (χ3n) is 4.08. The number of nitrogens with zero attached hydrogens (tertiary/aromatic N) is 4. The Labute approximate surface area is 139 Å². The van der Waals surface area contributed by atoms with Crippen LogP contribution >= 0.6 is 0 Å². The number of carboxylic acid groups (broad SMARTS) is 1. The number of amides is 1. The Bertz CT molecular complexity index is 619. The van der Waals surface area contributed by atoms with Gasteiger partial charge in [0.25, 0.3) is 5.69 Å². The standard InChI is InChI=1S/C15H20N4O5/c1-17(8-6-14(20)21)15(22)11-3-2-7-18(10-11)13-5-4-12(9-16-13)19(23)24/h4-5,9,11H,2-3,6-8,10H2,1H3,(H,20,21). The Balaban J connectivity index is 1.99. The first-order valence-corrected chi connectivity index (χ1v) is 7.70. The van der Waals surface area contributed by atoms with Crippen molar-refractivity contribution >= 4 is 23.4 Å². The molecule has 0 aromatic carbocycles. The molecule has 1 fully saturated rings. The van der Waals surface area contributed by atoms with Crippen LogP contribution in [0, 0.1) is 16.0 Å². The van der Waals surface area contributed by atoms with Gasteiger partial charge >= 0.3 is 5.97 Å². The van der Waals surface area contributed by atoms with E-state index in [1.165, 1.54) is 17.2 Å². The zero-order valence-electron chi connectivity index (χ0n) is 13.4. The third-order valence-corrected chi connectivity index (χ3v) is 4.08. The van der Waals surface area contributed by atoms with E-state index in [2.05, 4.69) is 4.98 Å². The summed E-state index contributed by atoms with van der Waals surface area (Å²) in [5, 5.41) is 19.4. The van der Waals surface area contributed by atoms with Crippen molar-refractivity contribution in [2.45, 2.75) is 19.3 Å². The van der Waals surface area contributed by atoms with E-state index in [9.17, 15) is 19.7 Å². The van der Waals surface area contributed by atoms with E-state index in [1.54, 1.807) is 13.1 Å². The smallest absolute Gasteiger partial charge is 0.305 e. The maximum atomic E-state index is 12.4. The van der Waals surface area contributed by atoms with Crippen LogP contribution in [0.5, 0.6) is 0 Å². The van der Waals surface area contributed by atoms with Crippen molar-refractivity contribution in [2.75, 3.05) is 31.6 Å². The van der Waals surface area contributed by atoms with Gasteiger partial charge in [0, 0.05) is 32.7 Å². The van der Waals surface area contributed by atoms with Crippen LogP contribution in [0.1, 0.15) is 19.3 Å². The number of nitro groups is 1. The zero-order chi connectivity index (χ0) is 17.7. The van der Waals surface area contributed by atoms with E-state index < -0.39 is 10.9 Å². The van der Waals surface area contributed by atoms with Gasteiger partial charge in [0.15, 0.2) is 0 Å². The summed E-state index contributed by atoms with van der Waals surface area (Å²) in [7, 11) is 1.61. The largest absolute Gasteiger partial charge is 0.481 e. The highest BCUT2D eigenvalue weighted by molar-refractivity contribution is 5.80. The molecule has 1 aromatic rings. The number of piperidine rings is 1. The second-order valence-electron chi connectivity index (χ2n) is 5.82. The highest BCUT2D eigenvalue weighted by atomic mass is 16.6. The molecule has 24 heavy (non-hydrogen) atoms. The number of anilines is 1. The molecule has 1 N–H and O–H groups in total. The fourth-order valence-electron chi connectivity index (χ4n) is 2.75. The van der Waals surface area contributed by atoms with Crippen LogP contribution in [0.25, 0.3) is 0 Å². The average molecular weight is 336 g/mol. The number of carbonyl (C=O) groups is 2. The molecule has 1 aliphatic rings. The van der Waals surface area contributed by atoms with Crippen molar-refractivity contribution in [3.05, 3.63) is 28.4 Å². The lowest BCUT2D eigenvalue weighted by molar-refractivity contribution is -0.385.